The summed E-state index contributed by atoms with van der Waals surface area (Å²) in [5.74, 6) is 2.02. The van der Waals surface area contributed by atoms with Crippen LogP contribution < -0.4 is 14.8 Å². The second kappa shape index (κ2) is 7.19. The Morgan fingerprint density at radius 1 is 1.00 bits per heavy atom. The minimum absolute atomic E-state index is 0.335. The maximum absolute atomic E-state index is 10.4. The zero-order valence-corrected chi connectivity index (χ0v) is 13.7. The number of aliphatic hydroxyl groups is 1. The van der Waals surface area contributed by atoms with Gasteiger partial charge in [0.25, 0.3) is 0 Å². The van der Waals surface area contributed by atoms with Gasteiger partial charge in [-0.2, -0.15) is 0 Å². The number of para-hydroxylation sites is 1. The van der Waals surface area contributed by atoms with Crippen LogP contribution in [0.1, 0.15) is 11.7 Å². The Kier molecular flexibility index (Phi) is 4.82. The number of anilines is 1. The van der Waals surface area contributed by atoms with Gasteiger partial charge in [-0.15, -0.1) is 0 Å². The average Bonchev–Trinajstić information content (AvgIpc) is 2.65. The van der Waals surface area contributed by atoms with Gasteiger partial charge in [-0.3, -0.25) is 0 Å². The number of benzene rings is 2. The fraction of sp³-hybridized carbons (Fsp3) is 0.211. The third-order valence-electron chi connectivity index (χ3n) is 3.83. The van der Waals surface area contributed by atoms with Crippen molar-refractivity contribution in [1.82, 2.24) is 4.98 Å². The van der Waals surface area contributed by atoms with Crippen LogP contribution in [0.5, 0.6) is 11.5 Å². The van der Waals surface area contributed by atoms with E-state index in [1.165, 1.54) is 0 Å². The molecule has 0 bridgehead atoms. The molecule has 2 aromatic carbocycles. The molecular formula is C19H20N2O3. The lowest BCUT2D eigenvalue weighted by atomic mass is 10.1. The molecule has 3 rings (SSSR count). The maximum Gasteiger partial charge on any atom is 0.126 e. The van der Waals surface area contributed by atoms with Crippen molar-refractivity contribution in [1.29, 1.82) is 0 Å². The number of ether oxygens (including phenoxy) is 2. The van der Waals surface area contributed by atoms with Crippen molar-refractivity contribution in [2.24, 2.45) is 0 Å². The van der Waals surface area contributed by atoms with Crippen LogP contribution in [-0.4, -0.2) is 30.9 Å². The number of hydrogen-bond acceptors (Lipinski definition) is 5. The number of pyridine rings is 1. The number of fused-ring (bicyclic) bond motifs is 1. The standard InChI is InChI=1S/C19H20N2O3/c1-23-15-9-14(10-16(11-15)24-2)18(22)12-20-19-8-7-13-5-3-4-6-17(13)21-19/h3-11,18,22H,12H2,1-2H3,(H,20,21). The molecule has 124 valence electrons. The highest BCUT2D eigenvalue weighted by Gasteiger charge is 2.11. The number of nitrogens with one attached hydrogen (secondary N) is 1. The normalized spacial score (nSPS) is 12.0. The van der Waals surface area contributed by atoms with Crippen LogP contribution in [0.4, 0.5) is 5.82 Å². The number of nitrogens with zero attached hydrogens (tertiary/aromatic N) is 1. The van der Waals surface area contributed by atoms with Gasteiger partial charge in [-0.05, 0) is 35.9 Å². The maximum atomic E-state index is 10.4. The summed E-state index contributed by atoms with van der Waals surface area (Å²) < 4.78 is 10.5. The van der Waals surface area contributed by atoms with Crippen LogP contribution in [0, 0.1) is 0 Å². The van der Waals surface area contributed by atoms with E-state index in [1.54, 1.807) is 32.4 Å². The van der Waals surface area contributed by atoms with E-state index >= 15 is 0 Å². The lowest BCUT2D eigenvalue weighted by Crippen LogP contribution is -2.13. The Morgan fingerprint density at radius 3 is 2.42 bits per heavy atom. The van der Waals surface area contributed by atoms with Crippen molar-refractivity contribution in [3.63, 3.8) is 0 Å². The number of aromatic nitrogens is 1. The molecule has 0 saturated carbocycles. The first-order valence-electron chi connectivity index (χ1n) is 7.70. The molecule has 1 aromatic heterocycles. The topological polar surface area (TPSA) is 63.6 Å². The number of aliphatic hydroxyl groups excluding tert-OH is 1. The molecule has 5 nitrogen and oxygen atoms in total. The molecule has 3 aromatic rings. The van der Waals surface area contributed by atoms with E-state index in [-0.39, 0.29) is 0 Å². The first-order valence-corrected chi connectivity index (χ1v) is 7.70. The summed E-state index contributed by atoms with van der Waals surface area (Å²) in [5.41, 5.74) is 1.64. The largest absolute Gasteiger partial charge is 0.497 e. The molecule has 5 heteroatoms. The smallest absolute Gasteiger partial charge is 0.126 e. The first-order chi connectivity index (χ1) is 11.7. The Labute approximate surface area is 140 Å². The van der Waals surface area contributed by atoms with E-state index in [2.05, 4.69) is 10.3 Å². The molecular weight excluding hydrogens is 304 g/mol. The van der Waals surface area contributed by atoms with Gasteiger partial charge in [-0.25, -0.2) is 4.98 Å². The average molecular weight is 324 g/mol. The van der Waals surface area contributed by atoms with Crippen molar-refractivity contribution in [3.8, 4) is 11.5 Å². The van der Waals surface area contributed by atoms with Gasteiger partial charge >= 0.3 is 0 Å². The van der Waals surface area contributed by atoms with E-state index in [9.17, 15) is 5.11 Å². The van der Waals surface area contributed by atoms with E-state index in [0.29, 0.717) is 18.0 Å². The summed E-state index contributed by atoms with van der Waals surface area (Å²) in [7, 11) is 3.17. The van der Waals surface area contributed by atoms with Gasteiger partial charge in [-0.1, -0.05) is 18.2 Å². The monoisotopic (exact) mass is 324 g/mol. The van der Waals surface area contributed by atoms with Gasteiger partial charge in [0.15, 0.2) is 0 Å². The van der Waals surface area contributed by atoms with E-state index in [4.69, 9.17) is 9.47 Å². The molecule has 0 radical (unpaired) electrons. The predicted octanol–water partition coefficient (Wildman–Crippen LogP) is 3.40. The van der Waals surface area contributed by atoms with Gasteiger partial charge in [0.1, 0.15) is 17.3 Å². The predicted molar refractivity (Wildman–Crippen MR) is 94.7 cm³/mol. The fourth-order valence-corrected chi connectivity index (χ4v) is 2.51. The molecule has 1 heterocycles. The summed E-state index contributed by atoms with van der Waals surface area (Å²) in [6.07, 6.45) is -0.706. The van der Waals surface area contributed by atoms with Crippen molar-refractivity contribution in [2.75, 3.05) is 26.1 Å². The Morgan fingerprint density at radius 2 is 1.71 bits per heavy atom. The number of methoxy groups -OCH3 is 2. The molecule has 1 unspecified atom stereocenters. The Balaban J connectivity index is 1.73. The second-order valence-electron chi connectivity index (χ2n) is 5.43. The molecule has 0 amide bonds. The molecule has 0 fully saturated rings. The molecule has 0 aliphatic rings. The summed E-state index contributed by atoms with van der Waals surface area (Å²) in [6, 6.07) is 17.2. The SMILES string of the molecule is COc1cc(OC)cc(C(O)CNc2ccc3ccccc3n2)c1. The highest BCUT2D eigenvalue weighted by atomic mass is 16.5. The van der Waals surface area contributed by atoms with Crippen molar-refractivity contribution in [3.05, 3.63) is 60.2 Å². The highest BCUT2D eigenvalue weighted by Crippen LogP contribution is 2.26. The van der Waals surface area contributed by atoms with Gasteiger partial charge in [0.05, 0.1) is 25.8 Å². The minimum atomic E-state index is -0.706. The molecule has 0 aliphatic carbocycles. The summed E-state index contributed by atoms with van der Waals surface area (Å²) in [6.45, 7) is 0.335. The molecule has 0 spiro atoms. The highest BCUT2D eigenvalue weighted by molar-refractivity contribution is 5.80. The molecule has 0 saturated heterocycles. The van der Waals surface area contributed by atoms with Crippen LogP contribution in [0.25, 0.3) is 10.9 Å². The lowest BCUT2D eigenvalue weighted by Gasteiger charge is -2.15. The summed E-state index contributed by atoms with van der Waals surface area (Å²) in [4.78, 5) is 4.54. The van der Waals surface area contributed by atoms with E-state index in [1.807, 2.05) is 36.4 Å². The molecule has 24 heavy (non-hydrogen) atoms. The fourth-order valence-electron chi connectivity index (χ4n) is 2.51. The third kappa shape index (κ3) is 3.58. The zero-order chi connectivity index (χ0) is 16.9. The number of hydrogen-bond donors (Lipinski definition) is 2. The first kappa shape index (κ1) is 16.1. The van der Waals surface area contributed by atoms with E-state index < -0.39 is 6.10 Å². The van der Waals surface area contributed by atoms with Gasteiger partial charge in [0, 0.05) is 18.0 Å². The second-order valence-corrected chi connectivity index (χ2v) is 5.43. The molecule has 0 aliphatic heterocycles. The third-order valence-corrected chi connectivity index (χ3v) is 3.83. The van der Waals surface area contributed by atoms with Crippen molar-refractivity contribution in [2.45, 2.75) is 6.10 Å². The summed E-state index contributed by atoms with van der Waals surface area (Å²) >= 11 is 0. The number of rotatable bonds is 6. The van der Waals surface area contributed by atoms with Crippen molar-refractivity contribution >= 4 is 16.7 Å². The molecule has 1 atom stereocenters. The van der Waals surface area contributed by atoms with Crippen LogP contribution in [0.2, 0.25) is 0 Å². The van der Waals surface area contributed by atoms with Crippen LogP contribution in [-0.2, 0) is 0 Å². The minimum Gasteiger partial charge on any atom is -0.497 e. The zero-order valence-electron chi connectivity index (χ0n) is 13.7. The van der Waals surface area contributed by atoms with Crippen LogP contribution in [0.3, 0.4) is 0 Å². The van der Waals surface area contributed by atoms with E-state index in [0.717, 1.165) is 22.3 Å². The van der Waals surface area contributed by atoms with Gasteiger partial charge < -0.3 is 19.9 Å². The van der Waals surface area contributed by atoms with Crippen LogP contribution >= 0.6 is 0 Å². The Bertz CT molecular complexity index is 813. The van der Waals surface area contributed by atoms with Gasteiger partial charge in [0.2, 0.25) is 0 Å². The summed E-state index contributed by atoms with van der Waals surface area (Å²) in [5, 5.41) is 14.7. The lowest BCUT2D eigenvalue weighted by molar-refractivity contribution is 0.190. The Hall–Kier alpha value is -2.79. The van der Waals surface area contributed by atoms with Crippen molar-refractivity contribution < 1.29 is 14.6 Å². The van der Waals surface area contributed by atoms with Crippen LogP contribution in [0.15, 0.2) is 54.6 Å². The quantitative estimate of drug-likeness (QED) is 0.727. The molecule has 2 N–H and O–H groups in total.